The summed E-state index contributed by atoms with van der Waals surface area (Å²) in [6.45, 7) is 13.2. The van der Waals surface area contributed by atoms with Crippen molar-refractivity contribution in [2.75, 3.05) is 36.0 Å². The molecule has 0 N–H and O–H groups in total. The highest BCUT2D eigenvalue weighted by Crippen LogP contribution is 2.29. The van der Waals surface area contributed by atoms with Crippen LogP contribution in [0.2, 0.25) is 0 Å². The van der Waals surface area contributed by atoms with E-state index >= 15 is 0 Å². The van der Waals surface area contributed by atoms with Gasteiger partial charge >= 0.3 is 0 Å². The van der Waals surface area contributed by atoms with Crippen LogP contribution in [-0.4, -0.2) is 56.1 Å². The van der Waals surface area contributed by atoms with Crippen LogP contribution in [0.3, 0.4) is 0 Å². The number of aromatic nitrogens is 6. The summed E-state index contributed by atoms with van der Waals surface area (Å²) in [4.78, 5) is 33.6. The summed E-state index contributed by atoms with van der Waals surface area (Å²) in [7, 11) is 0. The van der Waals surface area contributed by atoms with E-state index in [0.717, 1.165) is 37.3 Å². The second kappa shape index (κ2) is 18.1. The lowest BCUT2D eigenvalue weighted by molar-refractivity contribution is 0.678. The molecular weight excluding hydrogens is 641 g/mol. The van der Waals surface area contributed by atoms with E-state index in [1.165, 1.54) is 62.7 Å². The molecule has 3 aromatic heterocycles. The Hall–Kier alpha value is -5.60. The summed E-state index contributed by atoms with van der Waals surface area (Å²) in [6.07, 6.45) is 16.0. The molecule has 0 atom stereocenters. The monoisotopic (exact) mass is 688 g/mol. The average molecular weight is 689 g/mol. The first-order valence-corrected chi connectivity index (χ1v) is 18.9. The first kappa shape index (κ1) is 36.2. The zero-order valence-electron chi connectivity index (χ0n) is 31.0. The van der Waals surface area contributed by atoms with Crippen molar-refractivity contribution < 1.29 is 0 Å². The molecule has 0 aliphatic carbocycles. The fourth-order valence-corrected chi connectivity index (χ4v) is 6.22. The topological polar surface area (TPSA) is 83.8 Å². The summed E-state index contributed by atoms with van der Waals surface area (Å²) < 4.78 is 0. The average Bonchev–Trinajstić information content (AvgIpc) is 3.20. The van der Waals surface area contributed by atoms with Gasteiger partial charge < -0.3 is 9.80 Å². The van der Waals surface area contributed by atoms with Crippen molar-refractivity contribution >= 4 is 44.5 Å². The number of rotatable bonds is 14. The third-order valence-corrected chi connectivity index (χ3v) is 9.21. The SMILES string of the molecule is CCCCN(CCCC)c1ccc(C#Cc2nc3c4nccnc4c4nccnc4c3nc2C#Cc2ccc(N(CCCC)CCCC)cc2)cc1. The first-order chi connectivity index (χ1) is 25.6. The molecule has 0 radical (unpaired) electrons. The van der Waals surface area contributed by atoms with Crippen molar-refractivity contribution in [3.63, 3.8) is 0 Å². The van der Waals surface area contributed by atoms with Crippen molar-refractivity contribution in [1.82, 2.24) is 29.9 Å². The normalized spacial score (nSPS) is 10.9. The van der Waals surface area contributed by atoms with Gasteiger partial charge in [-0.05, 0) is 86.1 Å². The van der Waals surface area contributed by atoms with Gasteiger partial charge in [-0.2, -0.15) is 0 Å². The van der Waals surface area contributed by atoms with Gasteiger partial charge in [0.2, 0.25) is 0 Å². The van der Waals surface area contributed by atoms with Crippen molar-refractivity contribution in [2.24, 2.45) is 0 Å². The minimum absolute atomic E-state index is 0.480. The van der Waals surface area contributed by atoms with E-state index in [0.29, 0.717) is 44.5 Å². The molecule has 0 aliphatic heterocycles. The van der Waals surface area contributed by atoms with Crippen molar-refractivity contribution in [2.45, 2.75) is 79.1 Å². The lowest BCUT2D eigenvalue weighted by Crippen LogP contribution is -2.25. The van der Waals surface area contributed by atoms with Crippen LogP contribution in [0.1, 0.15) is 102 Å². The van der Waals surface area contributed by atoms with Gasteiger partial charge in [-0.15, -0.1) is 0 Å². The van der Waals surface area contributed by atoms with Crippen LogP contribution >= 0.6 is 0 Å². The molecule has 6 rings (SSSR count). The van der Waals surface area contributed by atoms with Crippen LogP contribution in [0.25, 0.3) is 33.1 Å². The van der Waals surface area contributed by atoms with Crippen LogP contribution in [-0.2, 0) is 0 Å². The minimum atomic E-state index is 0.480. The molecule has 8 heteroatoms. The molecule has 3 heterocycles. The smallest absolute Gasteiger partial charge is 0.148 e. The van der Waals surface area contributed by atoms with Crippen LogP contribution in [0.5, 0.6) is 0 Å². The van der Waals surface area contributed by atoms with E-state index < -0.39 is 0 Å². The van der Waals surface area contributed by atoms with Crippen LogP contribution in [0.4, 0.5) is 11.4 Å². The molecule has 6 aromatic rings. The molecule has 3 aromatic carbocycles. The fourth-order valence-electron chi connectivity index (χ4n) is 6.22. The van der Waals surface area contributed by atoms with Gasteiger partial charge in [0.05, 0.1) is 0 Å². The quantitative estimate of drug-likeness (QED) is 0.0828. The molecule has 8 nitrogen and oxygen atoms in total. The molecule has 0 saturated carbocycles. The highest BCUT2D eigenvalue weighted by molar-refractivity contribution is 6.17. The van der Waals surface area contributed by atoms with Gasteiger partial charge in [0.1, 0.15) is 44.5 Å². The number of unbranched alkanes of at least 4 members (excludes halogenated alkanes) is 4. The molecule has 0 aliphatic rings. The van der Waals surface area contributed by atoms with Crippen LogP contribution < -0.4 is 9.80 Å². The predicted molar refractivity (Wildman–Crippen MR) is 215 cm³/mol. The summed E-state index contributed by atoms with van der Waals surface area (Å²) in [5.41, 5.74) is 8.84. The Morgan fingerprint density at radius 3 is 1.02 bits per heavy atom. The van der Waals surface area contributed by atoms with Crippen LogP contribution in [0, 0.1) is 23.7 Å². The fraction of sp³-hybridized carbons (Fsp3) is 0.364. The second-order valence-corrected chi connectivity index (χ2v) is 13.1. The molecular formula is C44H48N8. The van der Waals surface area contributed by atoms with Crippen molar-refractivity contribution in [3.05, 3.63) is 95.8 Å². The lowest BCUT2D eigenvalue weighted by atomic mass is 10.1. The standard InChI is InChI=1S/C44H48N8/c1-5-9-29-51(30-10-6-2)35-19-13-33(14-20-35)17-23-37-38(24-18-34-15-21-36(22-16-34)52(31-11-7-3)32-12-8-4)50-44-42-40(46-26-28-48-42)39-41(43(44)49-37)47-27-25-45-39/h13-16,19-22,25-28H,5-12,29-32H2,1-4H3. The van der Waals surface area contributed by atoms with Gasteiger partial charge in [0, 0.05) is 73.5 Å². The maximum absolute atomic E-state index is 5.06. The van der Waals surface area contributed by atoms with E-state index in [9.17, 15) is 0 Å². The maximum Gasteiger partial charge on any atom is 0.148 e. The molecule has 264 valence electrons. The molecule has 0 amide bonds. The summed E-state index contributed by atoms with van der Waals surface area (Å²) >= 11 is 0. The number of fused-ring (bicyclic) bond motifs is 6. The van der Waals surface area contributed by atoms with Crippen LogP contribution in [0.15, 0.2) is 73.3 Å². The highest BCUT2D eigenvalue weighted by Gasteiger charge is 2.17. The summed E-state index contributed by atoms with van der Waals surface area (Å²) in [5.74, 6) is 13.3. The first-order valence-electron chi connectivity index (χ1n) is 18.9. The van der Waals surface area contributed by atoms with Gasteiger partial charge in [-0.1, -0.05) is 65.2 Å². The highest BCUT2D eigenvalue weighted by atomic mass is 15.1. The molecule has 0 spiro atoms. The number of nitrogens with zero attached hydrogens (tertiary/aromatic N) is 8. The molecule has 52 heavy (non-hydrogen) atoms. The van der Waals surface area contributed by atoms with Gasteiger partial charge in [0.25, 0.3) is 0 Å². The van der Waals surface area contributed by atoms with Gasteiger partial charge in [-0.3, -0.25) is 19.9 Å². The largest absolute Gasteiger partial charge is 0.372 e. The predicted octanol–water partition coefficient (Wildman–Crippen LogP) is 9.13. The number of anilines is 2. The molecule has 0 saturated heterocycles. The number of hydrogen-bond donors (Lipinski definition) is 0. The Balaban J connectivity index is 1.41. The molecule has 0 bridgehead atoms. The Labute approximate surface area is 308 Å². The lowest BCUT2D eigenvalue weighted by Gasteiger charge is -2.24. The Morgan fingerprint density at radius 2 is 0.712 bits per heavy atom. The van der Waals surface area contributed by atoms with E-state index in [-0.39, 0.29) is 0 Å². The maximum atomic E-state index is 5.06. The Morgan fingerprint density at radius 1 is 0.404 bits per heavy atom. The van der Waals surface area contributed by atoms with Gasteiger partial charge in [-0.25, -0.2) is 9.97 Å². The summed E-state index contributed by atoms with van der Waals surface area (Å²) in [5, 5.41) is 0. The zero-order chi connectivity index (χ0) is 36.1. The van der Waals surface area contributed by atoms with E-state index in [1.54, 1.807) is 24.8 Å². The zero-order valence-corrected chi connectivity index (χ0v) is 31.0. The number of hydrogen-bond acceptors (Lipinski definition) is 8. The van der Waals surface area contributed by atoms with E-state index in [1.807, 2.05) is 0 Å². The third kappa shape index (κ3) is 8.64. The summed E-state index contributed by atoms with van der Waals surface area (Å²) in [6, 6.07) is 17.0. The van der Waals surface area contributed by atoms with Gasteiger partial charge in [0.15, 0.2) is 0 Å². The van der Waals surface area contributed by atoms with Crippen molar-refractivity contribution in [3.8, 4) is 23.7 Å². The second-order valence-electron chi connectivity index (χ2n) is 13.1. The molecule has 0 unspecified atom stereocenters. The Bertz CT molecular complexity index is 2050. The Kier molecular flexibility index (Phi) is 12.6. The molecule has 0 fully saturated rings. The number of benzene rings is 3. The third-order valence-electron chi connectivity index (χ3n) is 9.21. The van der Waals surface area contributed by atoms with Crippen molar-refractivity contribution in [1.29, 1.82) is 0 Å². The minimum Gasteiger partial charge on any atom is -0.372 e. The van der Waals surface area contributed by atoms with E-state index in [2.05, 4.69) is 130 Å². The van der Waals surface area contributed by atoms with E-state index in [4.69, 9.17) is 9.97 Å².